The van der Waals surface area contributed by atoms with E-state index in [9.17, 15) is 0 Å². The summed E-state index contributed by atoms with van der Waals surface area (Å²) >= 11 is 0. The number of aromatic nitrogens is 1. The van der Waals surface area contributed by atoms with Crippen LogP contribution in [0.4, 0.5) is 0 Å². The van der Waals surface area contributed by atoms with Crippen LogP contribution in [-0.2, 0) is 0 Å². The van der Waals surface area contributed by atoms with Crippen molar-refractivity contribution in [2.24, 2.45) is 0 Å². The Labute approximate surface area is 150 Å². The highest BCUT2D eigenvalue weighted by Crippen LogP contribution is 2.38. The smallest absolute Gasteiger partial charge is 0.231 e. The summed E-state index contributed by atoms with van der Waals surface area (Å²) in [7, 11) is 3.31. The Morgan fingerprint density at radius 1 is 0.846 bits per heavy atom. The summed E-state index contributed by atoms with van der Waals surface area (Å²) in [6.45, 7) is 2.39. The van der Waals surface area contributed by atoms with E-state index in [0.717, 1.165) is 55.8 Å². The molecule has 1 aliphatic rings. The normalized spacial score (nSPS) is 12.9. The van der Waals surface area contributed by atoms with Gasteiger partial charge in [0, 0.05) is 19.1 Å². The summed E-state index contributed by atoms with van der Waals surface area (Å²) in [6.07, 6.45) is 2.09. The Hall–Kier alpha value is -3.21. The van der Waals surface area contributed by atoms with Gasteiger partial charge in [0.05, 0.1) is 25.0 Å². The highest BCUT2D eigenvalue weighted by molar-refractivity contribution is 6.00. The van der Waals surface area contributed by atoms with E-state index in [-0.39, 0.29) is 6.79 Å². The van der Waals surface area contributed by atoms with Gasteiger partial charge in [0.15, 0.2) is 34.9 Å². The molecular formula is C21H18NO4+. The molecule has 4 aromatic rings. The van der Waals surface area contributed by atoms with Crippen molar-refractivity contribution < 1.29 is 23.3 Å². The number of benzene rings is 2. The molecule has 0 unspecified atom stereocenters. The van der Waals surface area contributed by atoms with Crippen LogP contribution >= 0.6 is 0 Å². The molecule has 5 heteroatoms. The van der Waals surface area contributed by atoms with Crippen LogP contribution in [0.1, 0.15) is 5.69 Å². The van der Waals surface area contributed by atoms with Gasteiger partial charge in [-0.15, -0.1) is 0 Å². The molecule has 0 radical (unpaired) electrons. The van der Waals surface area contributed by atoms with Crippen LogP contribution in [0.15, 0.2) is 42.6 Å². The van der Waals surface area contributed by atoms with Crippen molar-refractivity contribution >= 4 is 27.1 Å². The number of methoxy groups -OCH3 is 2. The van der Waals surface area contributed by atoms with E-state index >= 15 is 0 Å². The maximum atomic E-state index is 5.55. The fourth-order valence-electron chi connectivity index (χ4n) is 3.73. The molecule has 0 amide bonds. The van der Waals surface area contributed by atoms with E-state index < -0.39 is 0 Å². The van der Waals surface area contributed by atoms with E-state index in [1.165, 1.54) is 0 Å². The molecule has 0 spiro atoms. The first-order chi connectivity index (χ1) is 12.7. The monoisotopic (exact) mass is 348 g/mol. The number of pyridine rings is 2. The van der Waals surface area contributed by atoms with Gasteiger partial charge in [-0.2, -0.15) is 4.40 Å². The van der Waals surface area contributed by atoms with Gasteiger partial charge in [-0.25, -0.2) is 0 Å². The van der Waals surface area contributed by atoms with Gasteiger partial charge in [-0.05, 0) is 35.0 Å². The molecule has 0 fully saturated rings. The summed E-state index contributed by atoms with van der Waals surface area (Å²) < 4.78 is 24.2. The van der Waals surface area contributed by atoms with Gasteiger partial charge in [-0.3, -0.25) is 0 Å². The van der Waals surface area contributed by atoms with Crippen LogP contribution in [-0.4, -0.2) is 21.0 Å². The second-order valence-electron chi connectivity index (χ2n) is 6.39. The first-order valence-corrected chi connectivity index (χ1v) is 8.42. The lowest BCUT2D eigenvalue weighted by molar-refractivity contribution is -0.516. The zero-order valence-corrected chi connectivity index (χ0v) is 14.8. The highest BCUT2D eigenvalue weighted by atomic mass is 16.7. The molecule has 0 bridgehead atoms. The van der Waals surface area contributed by atoms with Crippen LogP contribution in [0.3, 0.4) is 0 Å². The number of fused-ring (bicyclic) bond motifs is 5. The predicted molar refractivity (Wildman–Crippen MR) is 98.6 cm³/mol. The second-order valence-corrected chi connectivity index (χ2v) is 6.39. The third kappa shape index (κ3) is 2.00. The lowest BCUT2D eigenvalue weighted by atomic mass is 10.0. The molecule has 3 heterocycles. The van der Waals surface area contributed by atoms with Crippen LogP contribution < -0.4 is 23.3 Å². The van der Waals surface area contributed by atoms with Gasteiger partial charge in [-0.1, -0.05) is 0 Å². The van der Waals surface area contributed by atoms with Crippen molar-refractivity contribution in [2.45, 2.75) is 6.92 Å². The van der Waals surface area contributed by atoms with E-state index in [1.807, 2.05) is 18.2 Å². The van der Waals surface area contributed by atoms with Gasteiger partial charge in [0.2, 0.25) is 12.3 Å². The maximum absolute atomic E-state index is 5.55. The number of ether oxygens (including phenoxy) is 4. The van der Waals surface area contributed by atoms with Crippen molar-refractivity contribution in [3.63, 3.8) is 0 Å². The zero-order chi connectivity index (χ0) is 17.8. The first kappa shape index (κ1) is 15.1. The SMILES string of the molecule is COc1cc2cc[n+]3c(C)c4cc5c(cc4cc3c2cc1OC)OCO5. The molecule has 5 nitrogen and oxygen atoms in total. The first-order valence-electron chi connectivity index (χ1n) is 8.42. The highest BCUT2D eigenvalue weighted by Gasteiger charge is 2.21. The largest absolute Gasteiger partial charge is 0.493 e. The quantitative estimate of drug-likeness (QED) is 0.314. The molecule has 0 saturated heterocycles. The predicted octanol–water partition coefficient (Wildman–Crippen LogP) is 3.79. The minimum atomic E-state index is 0.275. The Bertz CT molecular complexity index is 1200. The van der Waals surface area contributed by atoms with E-state index in [0.29, 0.717) is 0 Å². The Balaban J connectivity index is 1.91. The van der Waals surface area contributed by atoms with Crippen molar-refractivity contribution in [1.29, 1.82) is 0 Å². The summed E-state index contributed by atoms with van der Waals surface area (Å²) in [5, 5.41) is 4.47. The molecular weight excluding hydrogens is 330 g/mol. The third-order valence-corrected chi connectivity index (χ3v) is 5.08. The van der Waals surface area contributed by atoms with E-state index in [1.54, 1.807) is 14.2 Å². The maximum Gasteiger partial charge on any atom is 0.231 e. The van der Waals surface area contributed by atoms with Crippen molar-refractivity contribution in [3.05, 3.63) is 48.3 Å². The van der Waals surface area contributed by atoms with Gasteiger partial charge < -0.3 is 18.9 Å². The molecule has 26 heavy (non-hydrogen) atoms. The van der Waals surface area contributed by atoms with Crippen LogP contribution in [0, 0.1) is 6.92 Å². The minimum Gasteiger partial charge on any atom is -0.493 e. The minimum absolute atomic E-state index is 0.275. The molecule has 5 rings (SSSR count). The summed E-state index contributed by atoms with van der Waals surface area (Å²) in [5.41, 5.74) is 2.25. The fraction of sp³-hybridized carbons (Fsp3) is 0.190. The Morgan fingerprint density at radius 2 is 1.58 bits per heavy atom. The van der Waals surface area contributed by atoms with Gasteiger partial charge in [0.25, 0.3) is 0 Å². The Kier molecular flexibility index (Phi) is 3.13. The second kappa shape index (κ2) is 5.39. The molecule has 2 aromatic carbocycles. The standard InChI is InChI=1S/C21H18NO4/c1-12-15-9-21-20(25-11-26-21)8-14(15)6-17-16-10-19(24-3)18(23-2)7-13(16)4-5-22(12)17/h4-10H,11H2,1-3H3/q+1. The molecule has 1 aliphatic heterocycles. The van der Waals surface area contributed by atoms with E-state index in [4.69, 9.17) is 18.9 Å². The number of rotatable bonds is 2. The van der Waals surface area contributed by atoms with E-state index in [2.05, 4.69) is 35.7 Å². The summed E-state index contributed by atoms with van der Waals surface area (Å²) in [6, 6.07) is 12.4. The molecule has 130 valence electrons. The average molecular weight is 348 g/mol. The lowest BCUT2D eigenvalue weighted by Gasteiger charge is -2.10. The van der Waals surface area contributed by atoms with Crippen molar-refractivity contribution in [1.82, 2.24) is 0 Å². The molecule has 0 atom stereocenters. The number of hydrogen-bond acceptors (Lipinski definition) is 4. The topological polar surface area (TPSA) is 41.0 Å². The zero-order valence-electron chi connectivity index (χ0n) is 14.8. The number of hydrogen-bond donors (Lipinski definition) is 0. The molecule has 0 N–H and O–H groups in total. The van der Waals surface area contributed by atoms with Crippen LogP contribution in [0.2, 0.25) is 0 Å². The van der Waals surface area contributed by atoms with Crippen LogP contribution in [0.5, 0.6) is 23.0 Å². The fourth-order valence-corrected chi connectivity index (χ4v) is 3.73. The summed E-state index contributed by atoms with van der Waals surface area (Å²) in [4.78, 5) is 0. The van der Waals surface area contributed by atoms with Gasteiger partial charge >= 0.3 is 0 Å². The molecule has 0 saturated carbocycles. The third-order valence-electron chi connectivity index (χ3n) is 5.08. The molecule has 0 aliphatic carbocycles. The van der Waals surface area contributed by atoms with Crippen molar-refractivity contribution in [2.75, 3.05) is 21.0 Å². The van der Waals surface area contributed by atoms with Crippen molar-refractivity contribution in [3.8, 4) is 23.0 Å². The number of nitrogens with zero attached hydrogens (tertiary/aromatic N) is 1. The number of aryl methyl sites for hydroxylation is 1. The van der Waals surface area contributed by atoms with Gasteiger partial charge in [0.1, 0.15) is 0 Å². The average Bonchev–Trinajstić information content (AvgIpc) is 3.13. The molecule has 2 aromatic heterocycles. The summed E-state index contributed by atoms with van der Waals surface area (Å²) in [5.74, 6) is 3.04. The van der Waals surface area contributed by atoms with Crippen LogP contribution in [0.25, 0.3) is 27.1 Å². The lowest BCUT2D eigenvalue weighted by Crippen LogP contribution is -2.25. The Morgan fingerprint density at radius 3 is 2.35 bits per heavy atom.